The molecular formula is C18H22FN3O2S. The molecule has 2 atom stereocenters. The fraction of sp³-hybridized carbons (Fsp3) is 0.444. The van der Waals surface area contributed by atoms with Crippen molar-refractivity contribution in [1.29, 1.82) is 0 Å². The molecule has 0 radical (unpaired) electrons. The van der Waals surface area contributed by atoms with E-state index in [0.717, 1.165) is 0 Å². The Labute approximate surface area is 150 Å². The first-order valence-electron chi connectivity index (χ1n) is 8.15. The topological polar surface area (TPSA) is 70.1 Å². The SMILES string of the molecule is Cc1ccc([C@@]2(N[S+]([O-])C(C)(C)C)CCOc3nccnc32)cc1F. The minimum atomic E-state index is -1.39. The maximum Gasteiger partial charge on any atom is 0.238 e. The molecule has 2 aromatic rings. The van der Waals surface area contributed by atoms with Gasteiger partial charge in [-0.1, -0.05) is 12.1 Å². The predicted octanol–water partition coefficient (Wildman–Crippen LogP) is 3.00. The number of benzene rings is 1. The second-order valence-electron chi connectivity index (χ2n) is 7.16. The van der Waals surface area contributed by atoms with E-state index in [-0.39, 0.29) is 5.82 Å². The Hall–Kier alpha value is -1.70. The lowest BCUT2D eigenvalue weighted by Crippen LogP contribution is -2.54. The molecule has 7 heteroatoms. The van der Waals surface area contributed by atoms with Gasteiger partial charge < -0.3 is 9.29 Å². The van der Waals surface area contributed by atoms with Crippen LogP contribution in [0.15, 0.2) is 30.6 Å². The summed E-state index contributed by atoms with van der Waals surface area (Å²) < 4.78 is 35.5. The van der Waals surface area contributed by atoms with Crippen LogP contribution in [0.1, 0.15) is 44.0 Å². The van der Waals surface area contributed by atoms with Crippen LogP contribution in [-0.4, -0.2) is 25.9 Å². The van der Waals surface area contributed by atoms with Crippen molar-refractivity contribution in [1.82, 2.24) is 14.7 Å². The van der Waals surface area contributed by atoms with Gasteiger partial charge in [0.15, 0.2) is 0 Å². The summed E-state index contributed by atoms with van der Waals surface area (Å²) in [6.45, 7) is 7.74. The van der Waals surface area contributed by atoms with Gasteiger partial charge in [-0.05, 0) is 44.9 Å². The summed E-state index contributed by atoms with van der Waals surface area (Å²) in [7, 11) is 0. The van der Waals surface area contributed by atoms with Crippen LogP contribution in [0.3, 0.4) is 0 Å². The molecule has 0 aliphatic carbocycles. The Kier molecular flexibility index (Phi) is 4.74. The van der Waals surface area contributed by atoms with Gasteiger partial charge in [0.05, 0.1) is 6.61 Å². The maximum absolute atomic E-state index is 14.3. The number of nitrogens with zero attached hydrogens (tertiary/aromatic N) is 2. The molecule has 0 bridgehead atoms. The van der Waals surface area contributed by atoms with Gasteiger partial charge in [-0.15, -0.1) is 4.72 Å². The van der Waals surface area contributed by atoms with Crippen molar-refractivity contribution in [2.24, 2.45) is 0 Å². The monoisotopic (exact) mass is 363 g/mol. The standard InChI is InChI=1S/C18H22FN3O2S/c1-12-5-6-13(11-14(12)19)18(22-25(23)17(2,3)4)7-10-24-16-15(18)20-8-9-21-16/h5-6,8-9,11,22H,7,10H2,1-4H3/t18-,25?/m0/s1. The van der Waals surface area contributed by atoms with Gasteiger partial charge in [-0.3, -0.25) is 4.98 Å². The van der Waals surface area contributed by atoms with E-state index in [1.807, 2.05) is 26.8 Å². The molecule has 0 saturated heterocycles. The number of rotatable bonds is 3. The molecule has 1 aromatic heterocycles. The third-order valence-electron chi connectivity index (χ3n) is 4.27. The van der Waals surface area contributed by atoms with Crippen molar-refractivity contribution < 1.29 is 13.7 Å². The number of fused-ring (bicyclic) bond motifs is 1. The molecule has 0 spiro atoms. The van der Waals surface area contributed by atoms with Crippen LogP contribution in [0.2, 0.25) is 0 Å². The first-order valence-corrected chi connectivity index (χ1v) is 9.30. The van der Waals surface area contributed by atoms with Gasteiger partial charge in [0.2, 0.25) is 5.88 Å². The first kappa shape index (κ1) is 18.1. The number of halogens is 1. The average molecular weight is 363 g/mol. The predicted molar refractivity (Wildman–Crippen MR) is 95.1 cm³/mol. The maximum atomic E-state index is 14.3. The third-order valence-corrected chi connectivity index (χ3v) is 5.92. The van der Waals surface area contributed by atoms with E-state index in [4.69, 9.17) is 4.74 Å². The molecule has 0 amide bonds. The minimum Gasteiger partial charge on any atom is -0.598 e. The van der Waals surface area contributed by atoms with Gasteiger partial charge in [-0.2, -0.15) is 0 Å². The summed E-state index contributed by atoms with van der Waals surface area (Å²) in [5.41, 5.74) is 0.830. The number of aromatic nitrogens is 2. The van der Waals surface area contributed by atoms with Gasteiger partial charge >= 0.3 is 0 Å². The molecule has 5 nitrogen and oxygen atoms in total. The highest BCUT2D eigenvalue weighted by atomic mass is 32.2. The van der Waals surface area contributed by atoms with E-state index >= 15 is 0 Å². The summed E-state index contributed by atoms with van der Waals surface area (Å²) in [5.74, 6) is 0.0743. The Balaban J connectivity index is 2.18. The molecule has 0 saturated carbocycles. The fourth-order valence-electron chi connectivity index (χ4n) is 2.75. The van der Waals surface area contributed by atoms with Crippen LogP contribution in [-0.2, 0) is 16.9 Å². The second kappa shape index (κ2) is 6.55. The summed E-state index contributed by atoms with van der Waals surface area (Å²) in [6.07, 6.45) is 3.59. The zero-order chi connectivity index (χ0) is 18.2. The van der Waals surface area contributed by atoms with Gasteiger partial charge in [0, 0.05) is 30.2 Å². The largest absolute Gasteiger partial charge is 0.598 e. The lowest BCUT2D eigenvalue weighted by molar-refractivity contribution is 0.211. The van der Waals surface area contributed by atoms with E-state index in [2.05, 4.69) is 14.7 Å². The fourth-order valence-corrected chi connectivity index (χ4v) is 3.69. The number of hydrogen-bond donors (Lipinski definition) is 1. The minimum absolute atomic E-state index is 0.308. The van der Waals surface area contributed by atoms with Crippen LogP contribution >= 0.6 is 0 Å². The van der Waals surface area contributed by atoms with E-state index in [1.54, 1.807) is 25.4 Å². The highest BCUT2D eigenvalue weighted by Crippen LogP contribution is 2.41. The molecule has 0 fully saturated rings. The first-order chi connectivity index (χ1) is 11.7. The van der Waals surface area contributed by atoms with Crippen LogP contribution in [0.5, 0.6) is 5.88 Å². The molecule has 1 aliphatic heterocycles. The summed E-state index contributed by atoms with van der Waals surface area (Å²) in [6, 6.07) is 5.04. The molecular weight excluding hydrogens is 341 g/mol. The van der Waals surface area contributed by atoms with E-state index in [0.29, 0.717) is 35.7 Å². The van der Waals surface area contributed by atoms with Gasteiger partial charge in [0.25, 0.3) is 0 Å². The van der Waals surface area contributed by atoms with Crippen LogP contribution in [0.25, 0.3) is 0 Å². The lowest BCUT2D eigenvalue weighted by Gasteiger charge is -2.39. The molecule has 1 aliphatic rings. The Morgan fingerprint density at radius 1 is 1.28 bits per heavy atom. The smallest absolute Gasteiger partial charge is 0.238 e. The van der Waals surface area contributed by atoms with Crippen LogP contribution in [0, 0.1) is 12.7 Å². The van der Waals surface area contributed by atoms with Gasteiger partial charge in [0.1, 0.15) is 21.8 Å². The molecule has 1 unspecified atom stereocenters. The van der Waals surface area contributed by atoms with E-state index in [1.165, 1.54) is 6.07 Å². The Morgan fingerprint density at radius 2 is 2.00 bits per heavy atom. The molecule has 1 aromatic carbocycles. The molecule has 3 rings (SSSR count). The van der Waals surface area contributed by atoms with E-state index < -0.39 is 21.6 Å². The molecule has 1 N–H and O–H groups in total. The molecule has 25 heavy (non-hydrogen) atoms. The third kappa shape index (κ3) is 3.36. The van der Waals surface area contributed by atoms with E-state index in [9.17, 15) is 8.94 Å². The number of hydrogen-bond acceptors (Lipinski definition) is 5. The zero-order valence-electron chi connectivity index (χ0n) is 14.8. The summed E-state index contributed by atoms with van der Waals surface area (Å²) >= 11 is -1.39. The highest BCUT2D eigenvalue weighted by Gasteiger charge is 2.47. The molecule has 134 valence electrons. The van der Waals surface area contributed by atoms with Crippen molar-refractivity contribution >= 4 is 11.4 Å². The number of ether oxygens (including phenoxy) is 1. The van der Waals surface area contributed by atoms with Gasteiger partial charge in [-0.25, -0.2) is 9.37 Å². The van der Waals surface area contributed by atoms with Crippen molar-refractivity contribution in [3.8, 4) is 5.88 Å². The second-order valence-corrected chi connectivity index (χ2v) is 9.13. The Bertz CT molecular complexity index is 781. The summed E-state index contributed by atoms with van der Waals surface area (Å²) in [5, 5.41) is 0. The van der Waals surface area contributed by atoms with Crippen molar-refractivity contribution in [2.75, 3.05) is 6.61 Å². The quantitative estimate of drug-likeness (QED) is 0.849. The average Bonchev–Trinajstić information content (AvgIpc) is 2.56. The normalized spacial score (nSPS) is 21.4. The zero-order valence-corrected chi connectivity index (χ0v) is 15.6. The number of aryl methyl sites for hydroxylation is 1. The van der Waals surface area contributed by atoms with Crippen molar-refractivity contribution in [3.63, 3.8) is 0 Å². The van der Waals surface area contributed by atoms with Crippen molar-refractivity contribution in [3.05, 3.63) is 53.2 Å². The Morgan fingerprint density at radius 3 is 2.68 bits per heavy atom. The number of nitrogens with one attached hydrogen (secondary N) is 1. The lowest BCUT2D eigenvalue weighted by atomic mass is 9.83. The summed E-state index contributed by atoms with van der Waals surface area (Å²) in [4.78, 5) is 8.66. The highest BCUT2D eigenvalue weighted by molar-refractivity contribution is 7.90. The molecule has 2 heterocycles. The van der Waals surface area contributed by atoms with Crippen LogP contribution in [0.4, 0.5) is 4.39 Å². The van der Waals surface area contributed by atoms with Crippen molar-refractivity contribution in [2.45, 2.75) is 44.4 Å². The van der Waals surface area contributed by atoms with Crippen LogP contribution < -0.4 is 9.46 Å².